The normalized spacial score (nSPS) is 23.5. The van der Waals surface area contributed by atoms with Crippen molar-refractivity contribution in [3.05, 3.63) is 29.8 Å². The summed E-state index contributed by atoms with van der Waals surface area (Å²) in [5.41, 5.74) is 1.16. The molecule has 21 heavy (non-hydrogen) atoms. The van der Waals surface area contributed by atoms with Crippen LogP contribution >= 0.6 is 0 Å². The number of hydrogen-bond acceptors (Lipinski definition) is 3. The molecule has 0 aromatic heterocycles. The van der Waals surface area contributed by atoms with Gasteiger partial charge in [0.15, 0.2) is 0 Å². The molecule has 0 saturated carbocycles. The van der Waals surface area contributed by atoms with Gasteiger partial charge in [-0.25, -0.2) is 4.79 Å². The minimum atomic E-state index is -0.833. The minimum Gasteiger partial charge on any atom is -0.488 e. The van der Waals surface area contributed by atoms with Gasteiger partial charge in [0.1, 0.15) is 11.9 Å². The van der Waals surface area contributed by atoms with E-state index >= 15 is 0 Å². The first-order valence-corrected chi connectivity index (χ1v) is 7.13. The molecule has 1 fully saturated rings. The highest BCUT2D eigenvalue weighted by Crippen LogP contribution is 2.27. The van der Waals surface area contributed by atoms with E-state index in [1.165, 1.54) is 0 Å². The molecule has 2 N–H and O–H groups in total. The van der Waals surface area contributed by atoms with Gasteiger partial charge in [0.2, 0.25) is 0 Å². The molecule has 2 amide bonds. The van der Waals surface area contributed by atoms with Gasteiger partial charge in [0.05, 0.1) is 12.5 Å². The number of likely N-dealkylation sites (tertiary alicyclic amines) is 1. The Labute approximate surface area is 122 Å². The highest BCUT2D eigenvalue weighted by molar-refractivity contribution is 5.77. The number of carboxylic acids is 1. The Kier molecular flexibility index (Phi) is 3.68. The van der Waals surface area contributed by atoms with Gasteiger partial charge in [-0.2, -0.15) is 0 Å². The Bertz CT molecular complexity index is 535. The Morgan fingerprint density at radius 1 is 1.38 bits per heavy atom. The first kappa shape index (κ1) is 13.7. The van der Waals surface area contributed by atoms with Crippen LogP contribution in [-0.4, -0.2) is 47.7 Å². The maximum absolute atomic E-state index is 12.0. The maximum atomic E-state index is 12.0. The number of fused-ring (bicyclic) bond motifs is 1. The van der Waals surface area contributed by atoms with Gasteiger partial charge in [0.25, 0.3) is 0 Å². The quantitative estimate of drug-likeness (QED) is 0.874. The van der Waals surface area contributed by atoms with Crippen LogP contribution in [0.25, 0.3) is 0 Å². The lowest BCUT2D eigenvalue weighted by Gasteiger charge is -2.18. The SMILES string of the molecule is O=C(O)C1CCN(C(=O)NCC2Cc3ccccc3O2)C1. The summed E-state index contributed by atoms with van der Waals surface area (Å²) in [6.45, 7) is 1.21. The van der Waals surface area contributed by atoms with E-state index in [2.05, 4.69) is 5.32 Å². The number of ether oxygens (including phenoxy) is 1. The fourth-order valence-corrected chi connectivity index (χ4v) is 2.83. The third-order valence-electron chi connectivity index (χ3n) is 4.02. The summed E-state index contributed by atoms with van der Waals surface area (Å²) in [7, 11) is 0. The van der Waals surface area contributed by atoms with Crippen LogP contribution in [0.4, 0.5) is 4.79 Å². The molecule has 112 valence electrons. The zero-order valence-electron chi connectivity index (χ0n) is 11.6. The van der Waals surface area contributed by atoms with E-state index in [1.807, 2.05) is 24.3 Å². The average Bonchev–Trinajstić information content (AvgIpc) is 3.11. The van der Waals surface area contributed by atoms with Crippen LogP contribution in [0, 0.1) is 5.92 Å². The maximum Gasteiger partial charge on any atom is 0.317 e. The predicted octanol–water partition coefficient (Wildman–Crippen LogP) is 1.11. The lowest BCUT2D eigenvalue weighted by Crippen LogP contribution is -2.43. The summed E-state index contributed by atoms with van der Waals surface area (Å²) in [4.78, 5) is 24.5. The molecular weight excluding hydrogens is 272 g/mol. The number of amides is 2. The summed E-state index contributed by atoms with van der Waals surface area (Å²) in [6, 6.07) is 7.64. The Hall–Kier alpha value is -2.24. The molecule has 2 aliphatic heterocycles. The van der Waals surface area contributed by atoms with Crippen LogP contribution in [0.5, 0.6) is 5.75 Å². The number of urea groups is 1. The van der Waals surface area contributed by atoms with Gasteiger partial charge >= 0.3 is 12.0 Å². The lowest BCUT2D eigenvalue weighted by atomic mass is 10.1. The summed E-state index contributed by atoms with van der Waals surface area (Å²) < 4.78 is 5.75. The second-order valence-corrected chi connectivity index (χ2v) is 5.51. The molecule has 6 nitrogen and oxygen atoms in total. The van der Waals surface area contributed by atoms with E-state index < -0.39 is 11.9 Å². The van der Waals surface area contributed by atoms with Crippen molar-refractivity contribution >= 4 is 12.0 Å². The molecule has 1 saturated heterocycles. The van der Waals surface area contributed by atoms with Gasteiger partial charge < -0.3 is 20.1 Å². The summed E-state index contributed by atoms with van der Waals surface area (Å²) in [5, 5.41) is 11.8. The van der Waals surface area contributed by atoms with Gasteiger partial charge in [-0.05, 0) is 18.1 Å². The van der Waals surface area contributed by atoms with Gasteiger partial charge in [-0.15, -0.1) is 0 Å². The van der Waals surface area contributed by atoms with E-state index in [0.29, 0.717) is 19.5 Å². The monoisotopic (exact) mass is 290 g/mol. The number of hydrogen-bond donors (Lipinski definition) is 2. The van der Waals surface area contributed by atoms with Crippen LogP contribution in [0.15, 0.2) is 24.3 Å². The number of carboxylic acid groups (broad SMARTS) is 1. The van der Waals surface area contributed by atoms with Gasteiger partial charge in [-0.3, -0.25) is 4.79 Å². The Morgan fingerprint density at radius 2 is 2.19 bits per heavy atom. The van der Waals surface area contributed by atoms with Crippen molar-refractivity contribution < 1.29 is 19.4 Å². The summed E-state index contributed by atoms with van der Waals surface area (Å²) >= 11 is 0. The van der Waals surface area contributed by atoms with E-state index in [0.717, 1.165) is 17.7 Å². The predicted molar refractivity (Wildman–Crippen MR) is 75.3 cm³/mol. The fourth-order valence-electron chi connectivity index (χ4n) is 2.83. The molecule has 0 bridgehead atoms. The van der Waals surface area contributed by atoms with Crippen LogP contribution in [-0.2, 0) is 11.2 Å². The van der Waals surface area contributed by atoms with Crippen molar-refractivity contribution in [1.82, 2.24) is 10.2 Å². The van der Waals surface area contributed by atoms with Crippen molar-refractivity contribution in [2.75, 3.05) is 19.6 Å². The van der Waals surface area contributed by atoms with Crippen LogP contribution in [0.2, 0.25) is 0 Å². The van der Waals surface area contributed by atoms with Crippen LogP contribution in [0.1, 0.15) is 12.0 Å². The number of nitrogens with zero attached hydrogens (tertiary/aromatic N) is 1. The highest BCUT2D eigenvalue weighted by atomic mass is 16.5. The van der Waals surface area contributed by atoms with Crippen LogP contribution < -0.4 is 10.1 Å². The van der Waals surface area contributed by atoms with E-state index in [-0.39, 0.29) is 18.7 Å². The first-order valence-electron chi connectivity index (χ1n) is 7.13. The molecule has 0 aliphatic carbocycles. The number of nitrogens with one attached hydrogen (secondary N) is 1. The van der Waals surface area contributed by atoms with Crippen molar-refractivity contribution in [1.29, 1.82) is 0 Å². The number of benzene rings is 1. The highest BCUT2D eigenvalue weighted by Gasteiger charge is 2.31. The second-order valence-electron chi connectivity index (χ2n) is 5.51. The number of carbonyl (C=O) groups excluding carboxylic acids is 1. The zero-order valence-corrected chi connectivity index (χ0v) is 11.6. The zero-order chi connectivity index (χ0) is 14.8. The first-order chi connectivity index (χ1) is 10.1. The fraction of sp³-hybridized carbons (Fsp3) is 0.467. The molecule has 2 atom stereocenters. The minimum absolute atomic E-state index is 0.0516. The molecule has 2 unspecified atom stereocenters. The largest absolute Gasteiger partial charge is 0.488 e. The van der Waals surface area contributed by atoms with Crippen molar-refractivity contribution in [2.24, 2.45) is 5.92 Å². The molecular formula is C15H18N2O4. The average molecular weight is 290 g/mol. The van der Waals surface area contributed by atoms with E-state index in [9.17, 15) is 9.59 Å². The van der Waals surface area contributed by atoms with Crippen molar-refractivity contribution in [2.45, 2.75) is 18.9 Å². The van der Waals surface area contributed by atoms with Gasteiger partial charge in [-0.1, -0.05) is 18.2 Å². The van der Waals surface area contributed by atoms with Crippen LogP contribution in [0.3, 0.4) is 0 Å². The molecule has 0 radical (unpaired) electrons. The van der Waals surface area contributed by atoms with E-state index in [4.69, 9.17) is 9.84 Å². The second kappa shape index (κ2) is 5.63. The lowest BCUT2D eigenvalue weighted by molar-refractivity contribution is -0.141. The molecule has 2 aliphatic rings. The van der Waals surface area contributed by atoms with Crippen molar-refractivity contribution in [3.63, 3.8) is 0 Å². The Balaban J connectivity index is 1.46. The topological polar surface area (TPSA) is 78.9 Å². The van der Waals surface area contributed by atoms with E-state index in [1.54, 1.807) is 4.90 Å². The summed E-state index contributed by atoms with van der Waals surface area (Å²) in [5.74, 6) is -0.397. The molecule has 6 heteroatoms. The third kappa shape index (κ3) is 2.94. The Morgan fingerprint density at radius 3 is 2.90 bits per heavy atom. The van der Waals surface area contributed by atoms with Crippen molar-refractivity contribution in [3.8, 4) is 5.75 Å². The molecule has 0 spiro atoms. The third-order valence-corrected chi connectivity index (χ3v) is 4.02. The molecule has 3 rings (SSSR count). The smallest absolute Gasteiger partial charge is 0.317 e. The number of aliphatic carboxylic acids is 1. The number of para-hydroxylation sites is 1. The van der Waals surface area contributed by atoms with Gasteiger partial charge in [0, 0.05) is 19.5 Å². The summed E-state index contributed by atoms with van der Waals surface area (Å²) in [6.07, 6.45) is 1.26. The number of rotatable bonds is 3. The standard InChI is InChI=1S/C15H18N2O4/c18-14(19)11-5-6-17(9-11)15(20)16-8-12-7-10-3-1-2-4-13(10)21-12/h1-4,11-12H,5-9H2,(H,16,20)(H,18,19). The number of carbonyl (C=O) groups is 2. The molecule has 1 aromatic carbocycles. The molecule has 2 heterocycles. The molecule has 1 aromatic rings.